The normalized spacial score (nSPS) is 8.30. The molecule has 0 amide bonds. The largest absolute Gasteiger partial charge is 0.333 e. The third-order valence-corrected chi connectivity index (χ3v) is 1.09. The minimum Gasteiger partial charge on any atom is -0.333 e. The molecular formula is C7H15N3. The molecule has 0 atom stereocenters. The van der Waals surface area contributed by atoms with Gasteiger partial charge in [-0.3, -0.25) is 5.10 Å². The Morgan fingerprint density at radius 2 is 2.30 bits per heavy atom. The Hall–Kier alpha value is -0.830. The number of nitrogens with two attached hydrogens (primary N) is 1. The number of aromatic nitrogens is 2. The number of aromatic amines is 1. The molecule has 1 aromatic heterocycles. The molecule has 0 aliphatic heterocycles. The summed E-state index contributed by atoms with van der Waals surface area (Å²) < 4.78 is 0. The second kappa shape index (κ2) is 6.29. The van der Waals surface area contributed by atoms with Crippen LogP contribution in [0.3, 0.4) is 0 Å². The van der Waals surface area contributed by atoms with Crippen LogP contribution < -0.4 is 5.73 Å². The van der Waals surface area contributed by atoms with Gasteiger partial charge in [0.1, 0.15) is 0 Å². The van der Waals surface area contributed by atoms with E-state index in [1.807, 2.05) is 12.4 Å². The van der Waals surface area contributed by atoms with Gasteiger partial charge >= 0.3 is 0 Å². The van der Waals surface area contributed by atoms with E-state index in [0.29, 0.717) is 0 Å². The number of rotatable bonds is 2. The van der Waals surface area contributed by atoms with Crippen LogP contribution in [0.15, 0.2) is 12.4 Å². The van der Waals surface area contributed by atoms with Crippen molar-refractivity contribution in [1.82, 2.24) is 10.2 Å². The first-order valence-corrected chi connectivity index (χ1v) is 3.49. The first-order chi connectivity index (χ1) is 4.93. The van der Waals surface area contributed by atoms with Crippen molar-refractivity contribution in [3.63, 3.8) is 0 Å². The zero-order chi connectivity index (χ0) is 7.82. The molecule has 0 bridgehead atoms. The predicted octanol–water partition coefficient (Wildman–Crippen LogP) is 0.937. The van der Waals surface area contributed by atoms with Crippen LogP contribution in [0.1, 0.15) is 18.9 Å². The highest BCUT2D eigenvalue weighted by Crippen LogP contribution is 1.96. The highest BCUT2D eigenvalue weighted by atomic mass is 15.1. The first-order valence-electron chi connectivity index (χ1n) is 3.49. The molecule has 1 rings (SSSR count). The van der Waals surface area contributed by atoms with E-state index in [0.717, 1.165) is 6.42 Å². The van der Waals surface area contributed by atoms with Crippen molar-refractivity contribution in [2.24, 2.45) is 5.73 Å². The SMILES string of the molecule is CCCc1cn[nH]c1.CN. The zero-order valence-electron chi connectivity index (χ0n) is 6.59. The number of nitrogens with one attached hydrogen (secondary N) is 1. The summed E-state index contributed by atoms with van der Waals surface area (Å²) in [4.78, 5) is 0. The quantitative estimate of drug-likeness (QED) is 0.644. The minimum atomic E-state index is 1.14. The lowest BCUT2D eigenvalue weighted by Crippen LogP contribution is -1.74. The molecule has 0 spiro atoms. The van der Waals surface area contributed by atoms with E-state index in [1.165, 1.54) is 19.0 Å². The molecule has 1 aromatic rings. The van der Waals surface area contributed by atoms with E-state index in [4.69, 9.17) is 0 Å². The zero-order valence-corrected chi connectivity index (χ0v) is 6.59. The number of nitrogens with zero attached hydrogens (tertiary/aromatic N) is 1. The molecule has 0 saturated carbocycles. The van der Waals surface area contributed by atoms with Crippen LogP contribution in [0, 0.1) is 0 Å². The molecule has 0 aliphatic rings. The Balaban J connectivity index is 0.000000371. The van der Waals surface area contributed by atoms with E-state index in [1.54, 1.807) is 0 Å². The molecule has 3 heteroatoms. The molecule has 10 heavy (non-hydrogen) atoms. The molecule has 0 radical (unpaired) electrons. The van der Waals surface area contributed by atoms with Gasteiger partial charge in [0.05, 0.1) is 6.20 Å². The Kier molecular flexibility index (Phi) is 5.77. The third-order valence-electron chi connectivity index (χ3n) is 1.09. The first kappa shape index (κ1) is 9.17. The molecule has 0 fully saturated rings. The van der Waals surface area contributed by atoms with Crippen LogP contribution in [-0.2, 0) is 6.42 Å². The average molecular weight is 141 g/mol. The van der Waals surface area contributed by atoms with Crippen LogP contribution in [0.4, 0.5) is 0 Å². The molecule has 0 aliphatic carbocycles. The second-order valence-electron chi connectivity index (χ2n) is 1.86. The van der Waals surface area contributed by atoms with Crippen molar-refractivity contribution < 1.29 is 0 Å². The Morgan fingerprint density at radius 1 is 1.60 bits per heavy atom. The van der Waals surface area contributed by atoms with Crippen LogP contribution >= 0.6 is 0 Å². The van der Waals surface area contributed by atoms with E-state index in [-0.39, 0.29) is 0 Å². The van der Waals surface area contributed by atoms with E-state index >= 15 is 0 Å². The highest BCUT2D eigenvalue weighted by Gasteiger charge is 1.87. The monoisotopic (exact) mass is 141 g/mol. The van der Waals surface area contributed by atoms with Gasteiger partial charge in [0.25, 0.3) is 0 Å². The summed E-state index contributed by atoms with van der Waals surface area (Å²) >= 11 is 0. The van der Waals surface area contributed by atoms with Crippen LogP contribution in [0.2, 0.25) is 0 Å². The molecule has 58 valence electrons. The summed E-state index contributed by atoms with van der Waals surface area (Å²) in [7, 11) is 1.50. The van der Waals surface area contributed by atoms with Crippen molar-refractivity contribution in [3.05, 3.63) is 18.0 Å². The fourth-order valence-corrected chi connectivity index (χ4v) is 0.703. The van der Waals surface area contributed by atoms with Gasteiger partial charge in [-0.05, 0) is 19.0 Å². The van der Waals surface area contributed by atoms with Crippen LogP contribution in [0.5, 0.6) is 0 Å². The Labute approximate surface area is 61.6 Å². The maximum atomic E-state index is 4.50. The lowest BCUT2D eigenvalue weighted by Gasteiger charge is -1.84. The van der Waals surface area contributed by atoms with Gasteiger partial charge in [0.2, 0.25) is 0 Å². The van der Waals surface area contributed by atoms with Gasteiger partial charge in [-0.25, -0.2) is 0 Å². The van der Waals surface area contributed by atoms with Gasteiger partial charge in [-0.1, -0.05) is 13.3 Å². The Bertz CT molecular complexity index is 135. The van der Waals surface area contributed by atoms with Crippen LogP contribution in [-0.4, -0.2) is 17.2 Å². The molecule has 0 saturated heterocycles. The minimum absolute atomic E-state index is 1.14. The van der Waals surface area contributed by atoms with Crippen molar-refractivity contribution in [3.8, 4) is 0 Å². The second-order valence-corrected chi connectivity index (χ2v) is 1.86. The van der Waals surface area contributed by atoms with Crippen LogP contribution in [0.25, 0.3) is 0 Å². The number of aryl methyl sites for hydroxylation is 1. The lowest BCUT2D eigenvalue weighted by molar-refractivity contribution is 0.923. The number of hydrogen-bond acceptors (Lipinski definition) is 2. The average Bonchev–Trinajstić information content (AvgIpc) is 2.46. The lowest BCUT2D eigenvalue weighted by atomic mass is 10.2. The van der Waals surface area contributed by atoms with E-state index in [2.05, 4.69) is 22.9 Å². The van der Waals surface area contributed by atoms with E-state index in [9.17, 15) is 0 Å². The molecule has 3 N–H and O–H groups in total. The smallest absolute Gasteiger partial charge is 0.0519 e. The van der Waals surface area contributed by atoms with Crippen molar-refractivity contribution >= 4 is 0 Å². The Morgan fingerprint density at radius 3 is 2.70 bits per heavy atom. The standard InChI is InChI=1S/C6H10N2.CH5N/c1-2-3-6-4-7-8-5-6;1-2/h4-5H,2-3H2,1H3,(H,7,8);2H2,1H3. The molecule has 1 heterocycles. The summed E-state index contributed by atoms with van der Waals surface area (Å²) in [6.45, 7) is 2.16. The number of H-pyrrole nitrogens is 1. The van der Waals surface area contributed by atoms with Gasteiger partial charge in [-0.2, -0.15) is 5.10 Å². The van der Waals surface area contributed by atoms with Gasteiger partial charge in [0, 0.05) is 6.20 Å². The maximum absolute atomic E-state index is 4.50. The molecule has 0 unspecified atom stereocenters. The topological polar surface area (TPSA) is 54.7 Å². The maximum Gasteiger partial charge on any atom is 0.0519 e. The summed E-state index contributed by atoms with van der Waals surface area (Å²) in [6, 6.07) is 0. The summed E-state index contributed by atoms with van der Waals surface area (Å²) in [5.74, 6) is 0. The third kappa shape index (κ3) is 3.25. The number of hydrogen-bond donors (Lipinski definition) is 2. The van der Waals surface area contributed by atoms with E-state index < -0.39 is 0 Å². The van der Waals surface area contributed by atoms with Gasteiger partial charge in [0.15, 0.2) is 0 Å². The fourth-order valence-electron chi connectivity index (χ4n) is 0.703. The summed E-state index contributed by atoms with van der Waals surface area (Å²) in [6.07, 6.45) is 6.13. The van der Waals surface area contributed by atoms with Crippen molar-refractivity contribution in [2.75, 3.05) is 7.05 Å². The van der Waals surface area contributed by atoms with Crippen molar-refractivity contribution in [2.45, 2.75) is 19.8 Å². The molecular weight excluding hydrogens is 126 g/mol. The summed E-state index contributed by atoms with van der Waals surface area (Å²) in [5, 5.41) is 6.58. The van der Waals surface area contributed by atoms with Gasteiger partial charge in [-0.15, -0.1) is 0 Å². The highest BCUT2D eigenvalue weighted by molar-refractivity contribution is 5.01. The molecule has 0 aromatic carbocycles. The summed E-state index contributed by atoms with van der Waals surface area (Å²) in [5.41, 5.74) is 5.80. The predicted molar refractivity (Wildman–Crippen MR) is 42.7 cm³/mol. The van der Waals surface area contributed by atoms with Gasteiger partial charge < -0.3 is 5.73 Å². The van der Waals surface area contributed by atoms with Crippen molar-refractivity contribution in [1.29, 1.82) is 0 Å². The molecule has 3 nitrogen and oxygen atoms in total. The fraction of sp³-hybridized carbons (Fsp3) is 0.571.